The summed E-state index contributed by atoms with van der Waals surface area (Å²) >= 11 is 0. The zero-order chi connectivity index (χ0) is 21.3. The highest BCUT2D eigenvalue weighted by Gasteiger charge is 2.38. The molecule has 1 aliphatic rings. The Hall–Kier alpha value is -3.53. The van der Waals surface area contributed by atoms with E-state index in [0.717, 1.165) is 11.1 Å². The van der Waals surface area contributed by atoms with E-state index < -0.39 is 18.2 Å². The van der Waals surface area contributed by atoms with E-state index in [0.29, 0.717) is 17.6 Å². The molecule has 3 heterocycles. The van der Waals surface area contributed by atoms with Gasteiger partial charge in [0, 0.05) is 11.8 Å². The number of anilines is 2. The summed E-state index contributed by atoms with van der Waals surface area (Å²) < 4.78 is 10.8. The van der Waals surface area contributed by atoms with E-state index in [1.54, 1.807) is 13.0 Å². The van der Waals surface area contributed by atoms with Crippen LogP contribution in [0.3, 0.4) is 0 Å². The van der Waals surface area contributed by atoms with E-state index in [2.05, 4.69) is 25.5 Å². The van der Waals surface area contributed by atoms with Crippen LogP contribution in [0.4, 0.5) is 16.6 Å². The van der Waals surface area contributed by atoms with Gasteiger partial charge in [-0.2, -0.15) is 4.98 Å². The van der Waals surface area contributed by atoms with E-state index in [-0.39, 0.29) is 18.6 Å². The van der Waals surface area contributed by atoms with Crippen LogP contribution in [0.1, 0.15) is 31.3 Å². The fourth-order valence-electron chi connectivity index (χ4n) is 3.09. The predicted octanol–water partition coefficient (Wildman–Crippen LogP) is 2.71. The van der Waals surface area contributed by atoms with E-state index in [1.165, 1.54) is 11.1 Å². The second kappa shape index (κ2) is 8.07. The lowest BCUT2D eigenvalue weighted by Gasteiger charge is -2.22. The molecule has 10 nitrogen and oxygen atoms in total. The number of carbonyl (C=O) groups is 1. The number of nitrogens with one attached hydrogen (secondary N) is 1. The summed E-state index contributed by atoms with van der Waals surface area (Å²) in [5.41, 5.74) is 1.98. The van der Waals surface area contributed by atoms with Crippen molar-refractivity contribution >= 4 is 17.9 Å². The molecule has 30 heavy (non-hydrogen) atoms. The number of benzene rings is 1. The standard InChI is InChI=1S/C20H22N6O4/c1-11-4-6-14(7-5-11)18-25-24-17(30-18)12(2)22-19-21-9-8-16(23-19)26-15(13(3)27)10-29-20(26)28/h4-9,12-13,15,27H,10H2,1-3H3,(H,21,22,23)/t12-,13-,15-/m1/s1. The van der Waals surface area contributed by atoms with Crippen LogP contribution in [0.5, 0.6) is 0 Å². The van der Waals surface area contributed by atoms with E-state index in [4.69, 9.17) is 9.15 Å². The van der Waals surface area contributed by atoms with E-state index in [1.807, 2.05) is 38.1 Å². The van der Waals surface area contributed by atoms with Gasteiger partial charge in [0.25, 0.3) is 0 Å². The molecule has 1 aliphatic heterocycles. The van der Waals surface area contributed by atoms with Gasteiger partial charge in [-0.3, -0.25) is 4.90 Å². The number of aliphatic hydroxyl groups is 1. The van der Waals surface area contributed by atoms with Gasteiger partial charge in [-0.25, -0.2) is 9.78 Å². The van der Waals surface area contributed by atoms with Crippen molar-refractivity contribution in [1.82, 2.24) is 20.2 Å². The third-order valence-corrected chi connectivity index (χ3v) is 4.81. The molecule has 0 radical (unpaired) electrons. The largest absolute Gasteiger partial charge is 0.447 e. The molecule has 4 rings (SSSR count). The molecule has 0 saturated carbocycles. The molecule has 0 spiro atoms. The van der Waals surface area contributed by atoms with Crippen LogP contribution >= 0.6 is 0 Å². The minimum Gasteiger partial charge on any atom is -0.447 e. The van der Waals surface area contributed by atoms with Crippen LogP contribution in [0, 0.1) is 6.92 Å². The van der Waals surface area contributed by atoms with Crippen LogP contribution in [0.25, 0.3) is 11.5 Å². The van der Waals surface area contributed by atoms with Crippen molar-refractivity contribution in [2.75, 3.05) is 16.8 Å². The van der Waals surface area contributed by atoms with Gasteiger partial charge in [-0.05, 0) is 39.0 Å². The fourth-order valence-corrected chi connectivity index (χ4v) is 3.09. The molecule has 156 valence electrons. The lowest BCUT2D eigenvalue weighted by Crippen LogP contribution is -2.41. The summed E-state index contributed by atoms with van der Waals surface area (Å²) in [5.74, 6) is 1.41. The Morgan fingerprint density at radius 3 is 2.70 bits per heavy atom. The van der Waals surface area contributed by atoms with Gasteiger partial charge in [-0.1, -0.05) is 17.7 Å². The van der Waals surface area contributed by atoms with Crippen molar-refractivity contribution in [3.05, 3.63) is 48.0 Å². The first-order valence-electron chi connectivity index (χ1n) is 9.56. The minimum atomic E-state index is -0.764. The fraction of sp³-hybridized carbons (Fsp3) is 0.350. The maximum absolute atomic E-state index is 12.1. The second-order valence-electron chi connectivity index (χ2n) is 7.17. The van der Waals surface area contributed by atoms with Crippen LogP contribution in [0.2, 0.25) is 0 Å². The number of cyclic esters (lactones) is 1. The Morgan fingerprint density at radius 2 is 1.97 bits per heavy atom. The minimum absolute atomic E-state index is 0.101. The monoisotopic (exact) mass is 410 g/mol. The Morgan fingerprint density at radius 1 is 1.20 bits per heavy atom. The molecule has 2 aromatic heterocycles. The molecular formula is C20H22N6O4. The summed E-state index contributed by atoms with van der Waals surface area (Å²) in [6, 6.07) is 8.50. The van der Waals surface area contributed by atoms with Gasteiger partial charge in [0.1, 0.15) is 24.5 Å². The van der Waals surface area contributed by atoms with Crippen molar-refractivity contribution in [3.8, 4) is 11.5 Å². The van der Waals surface area contributed by atoms with Crippen molar-refractivity contribution in [2.24, 2.45) is 0 Å². The molecular weight excluding hydrogens is 388 g/mol. The van der Waals surface area contributed by atoms with Crippen LogP contribution in [-0.4, -0.2) is 50.1 Å². The average Bonchev–Trinajstić information content (AvgIpc) is 3.36. The third-order valence-electron chi connectivity index (χ3n) is 4.81. The molecule has 3 aromatic rings. The highest BCUT2D eigenvalue weighted by Crippen LogP contribution is 2.26. The molecule has 10 heteroatoms. The maximum Gasteiger partial charge on any atom is 0.416 e. The number of ether oxygens (including phenoxy) is 1. The highest BCUT2D eigenvalue weighted by atomic mass is 16.6. The van der Waals surface area contributed by atoms with Gasteiger partial charge in [0.05, 0.1) is 6.10 Å². The number of carbonyl (C=O) groups excluding carboxylic acids is 1. The number of hydrogen-bond acceptors (Lipinski definition) is 9. The Labute approximate surface area is 172 Å². The number of aromatic nitrogens is 4. The molecule has 0 unspecified atom stereocenters. The molecule has 1 saturated heterocycles. The molecule has 1 fully saturated rings. The Bertz CT molecular complexity index is 1040. The number of amides is 1. The smallest absolute Gasteiger partial charge is 0.416 e. The number of aryl methyl sites for hydroxylation is 1. The normalized spacial score (nSPS) is 18.2. The number of aliphatic hydroxyl groups excluding tert-OH is 1. The first-order chi connectivity index (χ1) is 14.4. The summed E-state index contributed by atoms with van der Waals surface area (Å²) in [6.07, 6.45) is 0.201. The quantitative estimate of drug-likeness (QED) is 0.630. The van der Waals surface area contributed by atoms with Crippen LogP contribution in [-0.2, 0) is 4.74 Å². The summed E-state index contributed by atoms with van der Waals surface area (Å²) in [7, 11) is 0. The first kappa shape index (κ1) is 19.8. The average molecular weight is 410 g/mol. The van der Waals surface area contributed by atoms with Crippen LogP contribution in [0.15, 0.2) is 40.9 Å². The lowest BCUT2D eigenvalue weighted by atomic mass is 10.1. The highest BCUT2D eigenvalue weighted by molar-refractivity contribution is 5.89. The third kappa shape index (κ3) is 3.94. The van der Waals surface area contributed by atoms with Gasteiger partial charge in [0.15, 0.2) is 0 Å². The van der Waals surface area contributed by atoms with Gasteiger partial charge < -0.3 is 19.6 Å². The van der Waals surface area contributed by atoms with Crippen molar-refractivity contribution < 1.29 is 19.1 Å². The van der Waals surface area contributed by atoms with Gasteiger partial charge in [0.2, 0.25) is 17.7 Å². The van der Waals surface area contributed by atoms with E-state index >= 15 is 0 Å². The Balaban J connectivity index is 1.50. The zero-order valence-electron chi connectivity index (χ0n) is 16.8. The van der Waals surface area contributed by atoms with Crippen molar-refractivity contribution in [3.63, 3.8) is 0 Å². The van der Waals surface area contributed by atoms with Gasteiger partial charge >= 0.3 is 6.09 Å². The topological polar surface area (TPSA) is 127 Å². The van der Waals surface area contributed by atoms with Crippen molar-refractivity contribution in [2.45, 2.75) is 39.0 Å². The first-order valence-corrected chi connectivity index (χ1v) is 9.56. The number of nitrogens with zero attached hydrogens (tertiary/aromatic N) is 5. The van der Waals surface area contributed by atoms with Crippen molar-refractivity contribution in [1.29, 1.82) is 0 Å². The summed E-state index contributed by atoms with van der Waals surface area (Å²) in [5, 5.41) is 21.2. The molecule has 0 bridgehead atoms. The van der Waals surface area contributed by atoms with Crippen LogP contribution < -0.4 is 10.2 Å². The molecule has 3 atom stereocenters. The molecule has 1 aromatic carbocycles. The lowest BCUT2D eigenvalue weighted by molar-refractivity contribution is 0.142. The number of hydrogen-bond donors (Lipinski definition) is 2. The second-order valence-corrected chi connectivity index (χ2v) is 7.17. The predicted molar refractivity (Wildman–Crippen MR) is 108 cm³/mol. The van der Waals surface area contributed by atoms with E-state index in [9.17, 15) is 9.90 Å². The summed E-state index contributed by atoms with van der Waals surface area (Å²) in [4.78, 5) is 22.0. The molecule has 2 N–H and O–H groups in total. The Kier molecular flexibility index (Phi) is 5.32. The summed E-state index contributed by atoms with van der Waals surface area (Å²) in [6.45, 7) is 5.55. The zero-order valence-corrected chi connectivity index (χ0v) is 16.8. The number of rotatable bonds is 6. The molecule has 0 aliphatic carbocycles. The van der Waals surface area contributed by atoms with Gasteiger partial charge in [-0.15, -0.1) is 10.2 Å². The molecule has 1 amide bonds. The SMILES string of the molecule is Cc1ccc(-c2nnc([C@@H](C)Nc3nccc(N4C(=O)OC[C@@H]4[C@@H](C)O)n3)o2)cc1. The maximum atomic E-state index is 12.1.